The highest BCUT2D eigenvalue weighted by Gasteiger charge is 1.99. The molecule has 0 fully saturated rings. The van der Waals surface area contributed by atoms with Crippen molar-refractivity contribution in [2.45, 2.75) is 20.5 Å². The van der Waals surface area contributed by atoms with Crippen molar-refractivity contribution >= 4 is 11.6 Å². The number of halogens is 1. The van der Waals surface area contributed by atoms with Gasteiger partial charge in [-0.05, 0) is 23.8 Å². The smallest absolute Gasteiger partial charge is 0.219 e. The summed E-state index contributed by atoms with van der Waals surface area (Å²) < 4.78 is 5.49. The number of aliphatic hydroxyl groups is 1. The highest BCUT2D eigenvalue weighted by molar-refractivity contribution is 6.30. The third kappa shape index (κ3) is 4.35. The molecule has 1 heterocycles. The van der Waals surface area contributed by atoms with Crippen LogP contribution in [0.4, 0.5) is 0 Å². The number of ether oxygens (including phenoxy) is 1. The van der Waals surface area contributed by atoms with Crippen molar-refractivity contribution in [2.24, 2.45) is 0 Å². The summed E-state index contributed by atoms with van der Waals surface area (Å²) in [4.78, 5) is 4.01. The van der Waals surface area contributed by atoms with E-state index in [-0.39, 0.29) is 6.61 Å². The first-order valence-corrected chi connectivity index (χ1v) is 6.15. The maximum atomic E-state index is 8.98. The van der Waals surface area contributed by atoms with Gasteiger partial charge in [0.1, 0.15) is 5.75 Å². The summed E-state index contributed by atoms with van der Waals surface area (Å²) in [5.41, 5.74) is 0.798. The van der Waals surface area contributed by atoms with Gasteiger partial charge in [-0.1, -0.05) is 37.6 Å². The Kier molecular flexibility index (Phi) is 6.19. The SMILES string of the molecule is CC.OCc1cccc(Oc2ccc(Cl)cn2)c1. The van der Waals surface area contributed by atoms with Gasteiger partial charge in [-0.2, -0.15) is 0 Å². The molecule has 1 aromatic carbocycles. The van der Waals surface area contributed by atoms with Gasteiger partial charge in [0.05, 0.1) is 11.6 Å². The van der Waals surface area contributed by atoms with Gasteiger partial charge in [0, 0.05) is 12.3 Å². The van der Waals surface area contributed by atoms with Crippen LogP contribution in [0.25, 0.3) is 0 Å². The summed E-state index contributed by atoms with van der Waals surface area (Å²) in [6.07, 6.45) is 1.52. The van der Waals surface area contributed by atoms with E-state index in [1.54, 1.807) is 24.3 Å². The van der Waals surface area contributed by atoms with Crippen LogP contribution in [0, 0.1) is 0 Å². The Morgan fingerprint density at radius 3 is 2.61 bits per heavy atom. The van der Waals surface area contributed by atoms with Gasteiger partial charge < -0.3 is 9.84 Å². The number of hydrogen-bond acceptors (Lipinski definition) is 3. The molecule has 2 rings (SSSR count). The molecule has 96 valence electrons. The summed E-state index contributed by atoms with van der Waals surface area (Å²) >= 11 is 5.71. The summed E-state index contributed by atoms with van der Waals surface area (Å²) in [6.45, 7) is 3.99. The molecule has 0 aliphatic rings. The number of rotatable bonds is 3. The zero-order valence-corrected chi connectivity index (χ0v) is 11.2. The Morgan fingerprint density at radius 2 is 2.00 bits per heavy atom. The van der Waals surface area contributed by atoms with Crippen molar-refractivity contribution in [2.75, 3.05) is 0 Å². The van der Waals surface area contributed by atoms with E-state index in [1.807, 2.05) is 26.0 Å². The lowest BCUT2D eigenvalue weighted by molar-refractivity contribution is 0.281. The number of hydrogen-bond donors (Lipinski definition) is 1. The minimum Gasteiger partial charge on any atom is -0.439 e. The minimum atomic E-state index is -0.00868. The van der Waals surface area contributed by atoms with E-state index in [4.69, 9.17) is 21.4 Å². The van der Waals surface area contributed by atoms with Crippen molar-refractivity contribution in [3.63, 3.8) is 0 Å². The van der Waals surface area contributed by atoms with Crippen LogP contribution >= 0.6 is 11.6 Å². The molecule has 0 aliphatic carbocycles. The molecule has 0 radical (unpaired) electrons. The molecule has 18 heavy (non-hydrogen) atoms. The standard InChI is InChI=1S/C12H10ClNO2.C2H6/c13-10-4-5-12(14-7-10)16-11-3-1-2-9(6-11)8-15;1-2/h1-7,15H,8H2;1-2H3. The van der Waals surface area contributed by atoms with Crippen LogP contribution < -0.4 is 4.74 Å². The molecule has 0 unspecified atom stereocenters. The second-order valence-corrected chi connectivity index (χ2v) is 3.66. The maximum absolute atomic E-state index is 8.98. The molecule has 3 nitrogen and oxygen atoms in total. The Hall–Kier alpha value is -1.58. The molecule has 1 aromatic heterocycles. The normalized spacial score (nSPS) is 9.33. The van der Waals surface area contributed by atoms with E-state index in [1.165, 1.54) is 6.20 Å². The summed E-state index contributed by atoms with van der Waals surface area (Å²) in [7, 11) is 0. The summed E-state index contributed by atoms with van der Waals surface area (Å²) in [5.74, 6) is 1.11. The van der Waals surface area contributed by atoms with Gasteiger partial charge in [0.25, 0.3) is 0 Å². The molecule has 0 bridgehead atoms. The fraction of sp³-hybridized carbons (Fsp3) is 0.214. The molecule has 0 saturated heterocycles. The van der Waals surface area contributed by atoms with Gasteiger partial charge in [-0.15, -0.1) is 0 Å². The summed E-state index contributed by atoms with van der Waals surface area (Å²) in [5, 5.41) is 9.54. The molecule has 0 atom stereocenters. The van der Waals surface area contributed by atoms with Crippen molar-refractivity contribution < 1.29 is 9.84 Å². The fourth-order valence-corrected chi connectivity index (χ4v) is 1.36. The number of aliphatic hydroxyl groups excluding tert-OH is 1. The van der Waals surface area contributed by atoms with Crippen LogP contribution in [0.2, 0.25) is 5.02 Å². The van der Waals surface area contributed by atoms with Gasteiger partial charge in [0.15, 0.2) is 0 Å². The molecule has 0 spiro atoms. The largest absolute Gasteiger partial charge is 0.439 e. The lowest BCUT2D eigenvalue weighted by Gasteiger charge is -2.05. The van der Waals surface area contributed by atoms with Gasteiger partial charge in [-0.25, -0.2) is 4.98 Å². The Labute approximate surface area is 112 Å². The van der Waals surface area contributed by atoms with Gasteiger partial charge in [-0.3, -0.25) is 0 Å². The van der Waals surface area contributed by atoms with Crippen LogP contribution in [0.15, 0.2) is 42.6 Å². The van der Waals surface area contributed by atoms with Crippen LogP contribution in [0.1, 0.15) is 19.4 Å². The number of benzene rings is 1. The third-order valence-corrected chi connectivity index (χ3v) is 2.23. The Morgan fingerprint density at radius 1 is 1.22 bits per heavy atom. The monoisotopic (exact) mass is 265 g/mol. The van der Waals surface area contributed by atoms with Gasteiger partial charge in [0.2, 0.25) is 5.88 Å². The molecule has 1 N–H and O–H groups in total. The van der Waals surface area contributed by atoms with E-state index < -0.39 is 0 Å². The Balaban J connectivity index is 0.000000771. The first-order valence-electron chi connectivity index (χ1n) is 5.77. The lowest BCUT2D eigenvalue weighted by Crippen LogP contribution is -1.89. The van der Waals surface area contributed by atoms with E-state index in [9.17, 15) is 0 Å². The second kappa shape index (κ2) is 7.69. The number of nitrogens with zero attached hydrogens (tertiary/aromatic N) is 1. The van der Waals surface area contributed by atoms with Crippen LogP contribution in [0.5, 0.6) is 11.6 Å². The molecule has 0 aliphatic heterocycles. The van der Waals surface area contributed by atoms with Crippen LogP contribution in [-0.2, 0) is 6.61 Å². The quantitative estimate of drug-likeness (QED) is 0.910. The summed E-state index contributed by atoms with van der Waals surface area (Å²) in [6, 6.07) is 10.6. The van der Waals surface area contributed by atoms with Crippen molar-refractivity contribution in [3.05, 3.63) is 53.2 Å². The zero-order chi connectivity index (χ0) is 13.4. The predicted molar refractivity (Wildman–Crippen MR) is 73.0 cm³/mol. The first kappa shape index (κ1) is 14.5. The van der Waals surface area contributed by atoms with Crippen molar-refractivity contribution in [3.8, 4) is 11.6 Å². The van der Waals surface area contributed by atoms with Crippen molar-refractivity contribution in [1.29, 1.82) is 0 Å². The number of pyridine rings is 1. The molecular formula is C14H16ClNO2. The topological polar surface area (TPSA) is 42.4 Å². The molecule has 0 amide bonds. The molecule has 0 saturated carbocycles. The van der Waals surface area contributed by atoms with Crippen LogP contribution in [0.3, 0.4) is 0 Å². The predicted octanol–water partition coefficient (Wildman–Crippen LogP) is 4.05. The van der Waals surface area contributed by atoms with E-state index in [0.717, 1.165) is 5.56 Å². The molecule has 2 aromatic rings. The van der Waals surface area contributed by atoms with Crippen LogP contribution in [-0.4, -0.2) is 10.1 Å². The second-order valence-electron chi connectivity index (χ2n) is 3.22. The first-order chi connectivity index (χ1) is 8.78. The average Bonchev–Trinajstić information content (AvgIpc) is 2.44. The number of aromatic nitrogens is 1. The van der Waals surface area contributed by atoms with Crippen molar-refractivity contribution in [1.82, 2.24) is 4.98 Å². The van der Waals surface area contributed by atoms with E-state index >= 15 is 0 Å². The Bertz CT molecular complexity index is 471. The minimum absolute atomic E-state index is 0.00868. The average molecular weight is 266 g/mol. The van der Waals surface area contributed by atoms with E-state index in [0.29, 0.717) is 16.7 Å². The fourth-order valence-electron chi connectivity index (χ4n) is 1.25. The zero-order valence-electron chi connectivity index (χ0n) is 10.4. The molecule has 4 heteroatoms. The lowest BCUT2D eigenvalue weighted by atomic mass is 10.2. The highest BCUT2D eigenvalue weighted by atomic mass is 35.5. The molecular weight excluding hydrogens is 250 g/mol. The maximum Gasteiger partial charge on any atom is 0.219 e. The third-order valence-electron chi connectivity index (χ3n) is 2.00. The van der Waals surface area contributed by atoms with E-state index in [2.05, 4.69) is 4.98 Å². The van der Waals surface area contributed by atoms with Gasteiger partial charge >= 0.3 is 0 Å². The highest BCUT2D eigenvalue weighted by Crippen LogP contribution is 2.21.